The van der Waals surface area contributed by atoms with E-state index in [1.54, 1.807) is 0 Å². The van der Waals surface area contributed by atoms with Crippen LogP contribution in [0.15, 0.2) is 62.9 Å². The fraction of sp³-hybridized carbons (Fsp3) is 0.364. The predicted molar refractivity (Wildman–Crippen MR) is 109 cm³/mol. The van der Waals surface area contributed by atoms with Crippen molar-refractivity contribution in [2.45, 2.75) is 31.0 Å². The number of hydrogen-bond donors (Lipinski definition) is 2. The largest absolute Gasteiger partial charge is 0.417 e. The van der Waals surface area contributed by atoms with Crippen LogP contribution in [0, 0.1) is 0 Å². The van der Waals surface area contributed by atoms with E-state index in [0.29, 0.717) is 30.4 Å². The summed E-state index contributed by atoms with van der Waals surface area (Å²) < 4.78 is 5.13. The number of aromatic amines is 1. The van der Waals surface area contributed by atoms with E-state index in [2.05, 4.69) is 15.0 Å². The Morgan fingerprint density at radius 1 is 1.17 bits per heavy atom. The van der Waals surface area contributed by atoms with Crippen LogP contribution in [0.1, 0.15) is 30.4 Å². The molecule has 3 heterocycles. The van der Waals surface area contributed by atoms with Crippen molar-refractivity contribution in [2.24, 2.45) is 5.16 Å². The van der Waals surface area contributed by atoms with Crippen LogP contribution in [0.3, 0.4) is 0 Å². The molecule has 0 spiro atoms. The molecule has 3 aromatic rings. The first-order valence-electron chi connectivity index (χ1n) is 9.95. The Hall–Kier alpha value is -2.90. The fourth-order valence-electron chi connectivity index (χ4n) is 4.25. The lowest BCUT2D eigenvalue weighted by atomic mass is 9.84. The number of hydrogen-bond acceptors (Lipinski definition) is 6. The Labute approximate surface area is 167 Å². The highest BCUT2D eigenvalue weighted by Gasteiger charge is 2.35. The van der Waals surface area contributed by atoms with Gasteiger partial charge in [-0.2, -0.15) is 0 Å². The molecule has 1 aromatic heterocycles. The number of benzene rings is 2. The summed E-state index contributed by atoms with van der Waals surface area (Å²) in [5, 5.41) is 15.2. The van der Waals surface area contributed by atoms with E-state index in [9.17, 15) is 9.90 Å². The molecule has 2 aromatic carbocycles. The Morgan fingerprint density at radius 3 is 2.76 bits per heavy atom. The predicted octanol–water partition coefficient (Wildman–Crippen LogP) is 2.60. The first-order valence-corrected chi connectivity index (χ1v) is 9.95. The fourth-order valence-corrected chi connectivity index (χ4v) is 4.25. The molecule has 7 nitrogen and oxygen atoms in total. The second-order valence-corrected chi connectivity index (χ2v) is 7.89. The van der Waals surface area contributed by atoms with Crippen molar-refractivity contribution in [1.82, 2.24) is 9.88 Å². The summed E-state index contributed by atoms with van der Waals surface area (Å²) in [6.07, 6.45) is 2.11. The van der Waals surface area contributed by atoms with Crippen LogP contribution in [0.25, 0.3) is 11.1 Å². The van der Waals surface area contributed by atoms with Gasteiger partial charge in [-0.25, -0.2) is 4.79 Å². The monoisotopic (exact) mass is 393 g/mol. The smallest absolute Gasteiger partial charge is 0.408 e. The van der Waals surface area contributed by atoms with Crippen molar-refractivity contribution in [2.75, 3.05) is 19.6 Å². The van der Waals surface area contributed by atoms with Crippen LogP contribution in [0.2, 0.25) is 0 Å². The van der Waals surface area contributed by atoms with Gasteiger partial charge in [-0.3, -0.25) is 9.88 Å². The van der Waals surface area contributed by atoms with Gasteiger partial charge in [0.1, 0.15) is 6.10 Å². The maximum absolute atomic E-state index is 11.3. The van der Waals surface area contributed by atoms with E-state index < -0.39 is 11.4 Å². The number of aliphatic hydroxyl groups is 1. The summed E-state index contributed by atoms with van der Waals surface area (Å²) in [5.74, 6) is -0.458. The molecule has 0 saturated carbocycles. The van der Waals surface area contributed by atoms with Gasteiger partial charge in [-0.05, 0) is 30.5 Å². The summed E-state index contributed by atoms with van der Waals surface area (Å²) in [7, 11) is 0. The first-order chi connectivity index (χ1) is 14.1. The third-order valence-corrected chi connectivity index (χ3v) is 5.94. The van der Waals surface area contributed by atoms with Crippen molar-refractivity contribution in [3.05, 3.63) is 70.2 Å². The molecule has 2 aliphatic heterocycles. The van der Waals surface area contributed by atoms with Gasteiger partial charge in [-0.15, -0.1) is 0 Å². The Bertz CT molecular complexity index is 1090. The molecule has 5 rings (SSSR count). The standard InChI is InChI=1S/C22H23N3O4/c26-21-23-18-7-6-15(12-20(18)28-21)19-13-17(29-24-19)14-25-10-8-22(27,9-11-25)16-4-2-1-3-5-16/h1-7,12,17,27H,8-11,13-14H2,(H,23,26). The van der Waals surface area contributed by atoms with Crippen molar-refractivity contribution < 1.29 is 14.4 Å². The Kier molecular flexibility index (Phi) is 4.49. The minimum Gasteiger partial charge on any atom is -0.408 e. The van der Waals surface area contributed by atoms with E-state index in [-0.39, 0.29) is 6.10 Å². The van der Waals surface area contributed by atoms with Crippen molar-refractivity contribution in [3.63, 3.8) is 0 Å². The maximum atomic E-state index is 11.3. The third kappa shape index (κ3) is 3.59. The molecule has 1 atom stereocenters. The zero-order chi connectivity index (χ0) is 19.8. The molecule has 1 fully saturated rings. The van der Waals surface area contributed by atoms with Crippen LogP contribution >= 0.6 is 0 Å². The van der Waals surface area contributed by atoms with Gasteiger partial charge in [-0.1, -0.05) is 41.6 Å². The number of oxazole rings is 1. The van der Waals surface area contributed by atoms with Crippen LogP contribution in [-0.2, 0) is 10.4 Å². The highest BCUT2D eigenvalue weighted by Crippen LogP contribution is 2.33. The van der Waals surface area contributed by atoms with Gasteiger partial charge in [0.05, 0.1) is 16.8 Å². The molecule has 0 radical (unpaired) electrons. The number of oxime groups is 1. The maximum Gasteiger partial charge on any atom is 0.417 e. The molecule has 7 heteroatoms. The van der Waals surface area contributed by atoms with Crippen molar-refractivity contribution in [3.8, 4) is 0 Å². The van der Waals surface area contributed by atoms with Gasteiger partial charge in [0.2, 0.25) is 0 Å². The van der Waals surface area contributed by atoms with Crippen molar-refractivity contribution in [1.29, 1.82) is 0 Å². The minimum absolute atomic E-state index is 0.0122. The molecule has 0 bridgehead atoms. The van der Waals surface area contributed by atoms with E-state index in [4.69, 9.17) is 9.25 Å². The molecular formula is C22H23N3O4. The second kappa shape index (κ2) is 7.17. The molecule has 0 aliphatic carbocycles. The van der Waals surface area contributed by atoms with Gasteiger partial charge in [0, 0.05) is 31.6 Å². The molecule has 2 aliphatic rings. The normalized spacial score (nSPS) is 21.8. The molecule has 1 unspecified atom stereocenters. The second-order valence-electron chi connectivity index (χ2n) is 7.89. The number of likely N-dealkylation sites (tertiary alicyclic amines) is 1. The zero-order valence-electron chi connectivity index (χ0n) is 16.0. The first kappa shape index (κ1) is 18.1. The molecule has 2 N–H and O–H groups in total. The summed E-state index contributed by atoms with van der Waals surface area (Å²) in [6, 6.07) is 15.5. The summed E-state index contributed by atoms with van der Waals surface area (Å²) >= 11 is 0. The number of H-pyrrole nitrogens is 1. The third-order valence-electron chi connectivity index (χ3n) is 5.94. The lowest BCUT2D eigenvalue weighted by Gasteiger charge is -2.39. The Balaban J connectivity index is 1.19. The summed E-state index contributed by atoms with van der Waals surface area (Å²) in [6.45, 7) is 2.42. The van der Waals surface area contributed by atoms with Gasteiger partial charge < -0.3 is 14.4 Å². The van der Waals surface area contributed by atoms with Crippen LogP contribution in [-0.4, -0.2) is 46.4 Å². The molecule has 29 heavy (non-hydrogen) atoms. The van der Waals surface area contributed by atoms with Gasteiger partial charge >= 0.3 is 5.76 Å². The highest BCUT2D eigenvalue weighted by molar-refractivity contribution is 6.03. The lowest BCUT2D eigenvalue weighted by Crippen LogP contribution is -2.45. The van der Waals surface area contributed by atoms with E-state index in [1.807, 2.05) is 48.5 Å². The van der Waals surface area contributed by atoms with Crippen LogP contribution < -0.4 is 5.76 Å². The van der Waals surface area contributed by atoms with Crippen molar-refractivity contribution >= 4 is 16.8 Å². The molecule has 0 amide bonds. The topological polar surface area (TPSA) is 91.1 Å². The average Bonchev–Trinajstić information content (AvgIpc) is 3.35. The van der Waals surface area contributed by atoms with Gasteiger partial charge in [0.15, 0.2) is 5.58 Å². The quantitative estimate of drug-likeness (QED) is 0.711. The molecule has 150 valence electrons. The average molecular weight is 393 g/mol. The van der Waals surface area contributed by atoms with E-state index in [1.165, 1.54) is 0 Å². The highest BCUT2D eigenvalue weighted by atomic mass is 16.6. The zero-order valence-corrected chi connectivity index (χ0v) is 16.0. The number of aromatic nitrogens is 1. The van der Waals surface area contributed by atoms with Crippen LogP contribution in [0.5, 0.6) is 0 Å². The number of fused-ring (bicyclic) bond motifs is 1. The minimum atomic E-state index is -0.744. The summed E-state index contributed by atoms with van der Waals surface area (Å²) in [5.41, 5.74) is 3.21. The van der Waals surface area contributed by atoms with Crippen LogP contribution in [0.4, 0.5) is 0 Å². The molecule has 1 saturated heterocycles. The van der Waals surface area contributed by atoms with E-state index >= 15 is 0 Å². The van der Waals surface area contributed by atoms with E-state index in [0.717, 1.165) is 36.5 Å². The SMILES string of the molecule is O=c1[nH]c2ccc(C3=NOC(CN4CCC(O)(c5ccccc5)CC4)C3)cc2o1. The van der Waals surface area contributed by atoms with Gasteiger partial charge in [0.25, 0.3) is 0 Å². The lowest BCUT2D eigenvalue weighted by molar-refractivity contribution is -0.0386. The number of nitrogens with one attached hydrogen (secondary N) is 1. The number of piperidine rings is 1. The number of rotatable bonds is 4. The Morgan fingerprint density at radius 2 is 1.97 bits per heavy atom. The summed E-state index contributed by atoms with van der Waals surface area (Å²) in [4.78, 5) is 22.0. The number of nitrogens with zero attached hydrogens (tertiary/aromatic N) is 2. The molecular weight excluding hydrogens is 370 g/mol.